The first kappa shape index (κ1) is 12.2. The number of halogens is 1. The second-order valence-electron chi connectivity index (χ2n) is 3.87. The van der Waals surface area contributed by atoms with Crippen LogP contribution < -0.4 is 5.69 Å². The molecule has 0 aliphatic carbocycles. The van der Waals surface area contributed by atoms with Gasteiger partial charge in [-0.2, -0.15) is 0 Å². The Morgan fingerprint density at radius 1 is 1.24 bits per heavy atom. The van der Waals surface area contributed by atoms with Crippen LogP contribution in [0.1, 0.15) is 18.1 Å². The molecule has 2 aromatic rings. The fourth-order valence-corrected chi connectivity index (χ4v) is 1.95. The van der Waals surface area contributed by atoms with Gasteiger partial charge in [-0.25, -0.2) is 4.79 Å². The van der Waals surface area contributed by atoms with Crippen molar-refractivity contribution < 1.29 is 10.2 Å². The Morgan fingerprint density at radius 3 is 2.65 bits per heavy atom. The van der Waals surface area contributed by atoms with E-state index in [-0.39, 0.29) is 11.6 Å². The SMILES string of the molecule is O=c1[nH]c2ccc(C(O)C(O)CCCl)cc2[nH]1. The number of aliphatic hydroxyl groups is 2. The lowest BCUT2D eigenvalue weighted by atomic mass is 10.0. The molecule has 2 atom stereocenters. The summed E-state index contributed by atoms with van der Waals surface area (Å²) in [7, 11) is 0. The third kappa shape index (κ3) is 2.52. The van der Waals surface area contributed by atoms with E-state index in [4.69, 9.17) is 11.6 Å². The Morgan fingerprint density at radius 2 is 1.94 bits per heavy atom. The lowest BCUT2D eigenvalue weighted by Gasteiger charge is -2.16. The van der Waals surface area contributed by atoms with Gasteiger partial charge in [0.1, 0.15) is 6.10 Å². The lowest BCUT2D eigenvalue weighted by Crippen LogP contribution is -2.18. The van der Waals surface area contributed by atoms with Gasteiger partial charge in [-0.15, -0.1) is 11.6 Å². The van der Waals surface area contributed by atoms with Crippen LogP contribution in [0.4, 0.5) is 0 Å². The molecule has 0 fully saturated rings. The normalized spacial score (nSPS) is 15.0. The third-order valence-electron chi connectivity index (χ3n) is 2.65. The van der Waals surface area contributed by atoms with E-state index in [1.807, 2.05) is 0 Å². The summed E-state index contributed by atoms with van der Waals surface area (Å²) in [5, 5.41) is 19.5. The summed E-state index contributed by atoms with van der Waals surface area (Å²) in [6.45, 7) is 0. The average molecular weight is 257 g/mol. The van der Waals surface area contributed by atoms with E-state index < -0.39 is 12.2 Å². The number of aliphatic hydroxyl groups excluding tert-OH is 2. The number of nitrogens with one attached hydrogen (secondary N) is 2. The maximum Gasteiger partial charge on any atom is 0.323 e. The highest BCUT2D eigenvalue weighted by Gasteiger charge is 2.18. The van der Waals surface area contributed by atoms with Gasteiger partial charge in [0.05, 0.1) is 17.1 Å². The fraction of sp³-hybridized carbons (Fsp3) is 0.364. The van der Waals surface area contributed by atoms with E-state index in [0.717, 1.165) is 0 Å². The molecule has 0 saturated heterocycles. The molecular formula is C11H13ClN2O3. The molecule has 0 aliphatic rings. The molecule has 0 aliphatic heterocycles. The largest absolute Gasteiger partial charge is 0.390 e. The Labute approximate surface area is 102 Å². The molecule has 2 rings (SSSR count). The van der Waals surface area contributed by atoms with Crippen LogP contribution in [0.2, 0.25) is 0 Å². The standard InChI is InChI=1S/C11H13ClN2O3/c12-4-3-9(15)10(16)6-1-2-7-8(5-6)14-11(17)13-7/h1-2,5,9-10,15-16H,3-4H2,(H2,13,14,17). The van der Waals surface area contributed by atoms with Crippen LogP contribution in [0.3, 0.4) is 0 Å². The van der Waals surface area contributed by atoms with Gasteiger partial charge in [0.25, 0.3) is 0 Å². The van der Waals surface area contributed by atoms with Crippen LogP contribution in [-0.2, 0) is 0 Å². The van der Waals surface area contributed by atoms with Crippen molar-refractivity contribution >= 4 is 22.6 Å². The van der Waals surface area contributed by atoms with E-state index >= 15 is 0 Å². The van der Waals surface area contributed by atoms with Crippen molar-refractivity contribution in [2.24, 2.45) is 0 Å². The van der Waals surface area contributed by atoms with E-state index in [2.05, 4.69) is 9.97 Å². The summed E-state index contributed by atoms with van der Waals surface area (Å²) in [6, 6.07) is 4.97. The van der Waals surface area contributed by atoms with Crippen molar-refractivity contribution in [1.29, 1.82) is 0 Å². The zero-order chi connectivity index (χ0) is 12.4. The highest BCUT2D eigenvalue weighted by molar-refractivity contribution is 6.17. The van der Waals surface area contributed by atoms with Crippen molar-refractivity contribution in [3.8, 4) is 0 Å². The molecule has 2 unspecified atom stereocenters. The molecule has 6 heteroatoms. The average Bonchev–Trinajstić information content (AvgIpc) is 2.67. The molecule has 1 aromatic carbocycles. The number of benzene rings is 1. The predicted molar refractivity (Wildman–Crippen MR) is 65.2 cm³/mol. The van der Waals surface area contributed by atoms with Crippen molar-refractivity contribution in [3.63, 3.8) is 0 Å². The minimum absolute atomic E-state index is 0.279. The Kier molecular flexibility index (Phi) is 3.51. The summed E-state index contributed by atoms with van der Waals surface area (Å²) in [5.41, 5.74) is 1.51. The van der Waals surface area contributed by atoms with Crippen molar-refractivity contribution in [3.05, 3.63) is 34.2 Å². The molecule has 0 saturated carbocycles. The maximum absolute atomic E-state index is 11.1. The van der Waals surface area contributed by atoms with Gasteiger partial charge in [-0.3, -0.25) is 0 Å². The summed E-state index contributed by atoms with van der Waals surface area (Å²) < 4.78 is 0. The van der Waals surface area contributed by atoms with Gasteiger partial charge in [-0.1, -0.05) is 6.07 Å². The van der Waals surface area contributed by atoms with E-state index in [1.165, 1.54) is 0 Å². The highest BCUT2D eigenvalue weighted by Crippen LogP contribution is 2.21. The zero-order valence-corrected chi connectivity index (χ0v) is 9.74. The second-order valence-corrected chi connectivity index (χ2v) is 4.25. The van der Waals surface area contributed by atoms with Crippen LogP contribution in [-0.4, -0.2) is 32.2 Å². The Hall–Kier alpha value is -1.30. The van der Waals surface area contributed by atoms with Crippen molar-refractivity contribution in [2.75, 3.05) is 5.88 Å². The second kappa shape index (κ2) is 4.91. The molecule has 92 valence electrons. The Bertz CT molecular complexity index is 563. The first-order chi connectivity index (χ1) is 8.11. The number of aromatic amines is 2. The quantitative estimate of drug-likeness (QED) is 0.612. The number of alkyl halides is 1. The van der Waals surface area contributed by atoms with Crippen LogP contribution in [0.25, 0.3) is 11.0 Å². The fourth-order valence-electron chi connectivity index (χ4n) is 1.73. The maximum atomic E-state index is 11.1. The number of aromatic nitrogens is 2. The van der Waals surface area contributed by atoms with Gasteiger partial charge in [-0.05, 0) is 24.1 Å². The monoisotopic (exact) mass is 256 g/mol. The van der Waals surface area contributed by atoms with Crippen LogP contribution in [0.5, 0.6) is 0 Å². The van der Waals surface area contributed by atoms with Crippen molar-refractivity contribution in [2.45, 2.75) is 18.6 Å². The molecule has 5 nitrogen and oxygen atoms in total. The van der Waals surface area contributed by atoms with Crippen LogP contribution in [0, 0.1) is 0 Å². The molecule has 0 radical (unpaired) electrons. The van der Waals surface area contributed by atoms with E-state index in [0.29, 0.717) is 23.0 Å². The summed E-state index contributed by atoms with van der Waals surface area (Å²) in [6.07, 6.45) is -1.60. The van der Waals surface area contributed by atoms with Crippen LogP contribution in [0.15, 0.2) is 23.0 Å². The van der Waals surface area contributed by atoms with Gasteiger partial charge in [0, 0.05) is 5.88 Å². The number of fused-ring (bicyclic) bond motifs is 1. The summed E-state index contributed by atoms with van der Waals surface area (Å²) in [4.78, 5) is 16.3. The minimum Gasteiger partial charge on any atom is -0.390 e. The minimum atomic E-state index is -1.00. The molecule has 0 bridgehead atoms. The summed E-state index contributed by atoms with van der Waals surface area (Å²) in [5.74, 6) is 0.279. The predicted octanol–water partition coefficient (Wildman–Crippen LogP) is 0.879. The zero-order valence-electron chi connectivity index (χ0n) is 8.98. The molecule has 1 aromatic heterocycles. The lowest BCUT2D eigenvalue weighted by molar-refractivity contribution is 0.0171. The molecular weight excluding hydrogens is 244 g/mol. The molecule has 1 heterocycles. The number of hydrogen-bond acceptors (Lipinski definition) is 3. The van der Waals surface area contributed by atoms with Gasteiger partial charge < -0.3 is 20.2 Å². The number of rotatable bonds is 4. The third-order valence-corrected chi connectivity index (χ3v) is 2.87. The van der Waals surface area contributed by atoms with Gasteiger partial charge in [0.15, 0.2) is 0 Å². The van der Waals surface area contributed by atoms with Crippen molar-refractivity contribution in [1.82, 2.24) is 9.97 Å². The van der Waals surface area contributed by atoms with Crippen LogP contribution >= 0.6 is 11.6 Å². The smallest absolute Gasteiger partial charge is 0.323 e. The molecule has 0 amide bonds. The number of H-pyrrole nitrogens is 2. The molecule has 4 N–H and O–H groups in total. The first-order valence-corrected chi connectivity index (χ1v) is 5.79. The van der Waals surface area contributed by atoms with Gasteiger partial charge >= 0.3 is 5.69 Å². The van der Waals surface area contributed by atoms with Gasteiger partial charge in [0.2, 0.25) is 0 Å². The molecule has 17 heavy (non-hydrogen) atoms. The number of hydrogen-bond donors (Lipinski definition) is 4. The van der Waals surface area contributed by atoms with E-state index in [1.54, 1.807) is 18.2 Å². The molecule has 0 spiro atoms. The highest BCUT2D eigenvalue weighted by atomic mass is 35.5. The first-order valence-electron chi connectivity index (χ1n) is 5.26. The van der Waals surface area contributed by atoms with E-state index in [9.17, 15) is 15.0 Å². The number of imidazole rings is 1. The topological polar surface area (TPSA) is 89.1 Å². The summed E-state index contributed by atoms with van der Waals surface area (Å²) >= 11 is 5.50. The Balaban J connectivity index is 2.32.